The van der Waals surface area contributed by atoms with Crippen molar-refractivity contribution in [1.82, 2.24) is 26.2 Å². The average Bonchev–Trinajstić information content (AvgIpc) is 3.76. The summed E-state index contributed by atoms with van der Waals surface area (Å²) in [5.41, 5.74) is 0.0549. The zero-order chi connectivity index (χ0) is 37.5. The van der Waals surface area contributed by atoms with Crippen LogP contribution in [-0.2, 0) is 33.5 Å². The van der Waals surface area contributed by atoms with E-state index >= 15 is 0 Å². The Kier molecular flexibility index (Phi) is 13.4. The van der Waals surface area contributed by atoms with Crippen LogP contribution in [0.5, 0.6) is 0 Å². The first kappa shape index (κ1) is 39.5. The number of nitrogens with one attached hydrogen (secondary N) is 4. The van der Waals surface area contributed by atoms with Crippen molar-refractivity contribution in [3.63, 3.8) is 0 Å². The van der Waals surface area contributed by atoms with Crippen molar-refractivity contribution >= 4 is 41.3 Å². The van der Waals surface area contributed by atoms with Crippen molar-refractivity contribution in [1.29, 1.82) is 0 Å². The SMILES string of the molecule is CCCC(NC(=O)C1C2CC2CN1C(=O)C(NC(=O)OC(C)C(C)C)C1(C)CCCCC1)C(=O)C(=O)NCC(=O)NC(C(C)=O)c1ccccc1. The maximum atomic E-state index is 14.4. The molecule has 280 valence electrons. The second kappa shape index (κ2) is 17.3. The lowest BCUT2D eigenvalue weighted by Gasteiger charge is -2.42. The Morgan fingerprint density at radius 2 is 1.61 bits per heavy atom. The number of piperidine rings is 1. The lowest BCUT2D eigenvalue weighted by atomic mass is 9.70. The van der Waals surface area contributed by atoms with Crippen molar-refractivity contribution < 1.29 is 38.3 Å². The summed E-state index contributed by atoms with van der Waals surface area (Å²) in [6, 6.07) is 4.82. The van der Waals surface area contributed by atoms with Crippen LogP contribution in [0.15, 0.2) is 30.3 Å². The maximum Gasteiger partial charge on any atom is 0.408 e. The number of fused-ring (bicyclic) bond motifs is 1. The van der Waals surface area contributed by atoms with E-state index in [0.717, 1.165) is 38.5 Å². The van der Waals surface area contributed by atoms with Crippen LogP contribution in [-0.4, -0.2) is 83.5 Å². The molecular weight excluding hydrogens is 654 g/mol. The first-order valence-corrected chi connectivity index (χ1v) is 18.4. The van der Waals surface area contributed by atoms with Crippen molar-refractivity contribution in [2.75, 3.05) is 13.1 Å². The Labute approximate surface area is 300 Å². The van der Waals surface area contributed by atoms with Gasteiger partial charge in [0.05, 0.1) is 12.6 Å². The molecule has 5 amide bonds. The van der Waals surface area contributed by atoms with Gasteiger partial charge in [-0.15, -0.1) is 0 Å². The first-order chi connectivity index (χ1) is 24.2. The summed E-state index contributed by atoms with van der Waals surface area (Å²) < 4.78 is 5.59. The second-order valence-electron chi connectivity index (χ2n) is 15.2. The number of nitrogens with zero attached hydrogens (tertiary/aromatic N) is 1. The van der Waals surface area contributed by atoms with Gasteiger partial charge < -0.3 is 30.9 Å². The number of benzene rings is 1. The first-order valence-electron chi connectivity index (χ1n) is 18.4. The Morgan fingerprint density at radius 3 is 2.22 bits per heavy atom. The van der Waals surface area contributed by atoms with E-state index in [0.29, 0.717) is 18.5 Å². The van der Waals surface area contributed by atoms with Gasteiger partial charge in [0, 0.05) is 6.54 Å². The topological polar surface area (TPSA) is 180 Å². The summed E-state index contributed by atoms with van der Waals surface area (Å²) in [7, 11) is 0. The highest BCUT2D eigenvalue weighted by atomic mass is 16.6. The number of Topliss-reactive ketones (excluding diaryl/α,β-unsaturated/α-hetero) is 2. The number of hydrogen-bond donors (Lipinski definition) is 4. The molecule has 1 saturated heterocycles. The van der Waals surface area contributed by atoms with E-state index in [1.807, 2.05) is 27.7 Å². The highest BCUT2D eigenvalue weighted by molar-refractivity contribution is 6.38. The molecule has 1 aromatic carbocycles. The van der Waals surface area contributed by atoms with E-state index in [9.17, 15) is 33.6 Å². The monoisotopic (exact) mass is 709 g/mol. The van der Waals surface area contributed by atoms with Crippen LogP contribution in [0.3, 0.4) is 0 Å². The van der Waals surface area contributed by atoms with Crippen LogP contribution >= 0.6 is 0 Å². The van der Waals surface area contributed by atoms with E-state index in [1.54, 1.807) is 42.2 Å². The summed E-state index contributed by atoms with van der Waals surface area (Å²) >= 11 is 0. The van der Waals surface area contributed by atoms with Crippen molar-refractivity contribution in [3.05, 3.63) is 35.9 Å². The van der Waals surface area contributed by atoms with E-state index in [1.165, 1.54) is 6.92 Å². The van der Waals surface area contributed by atoms with Crippen LogP contribution in [0.2, 0.25) is 0 Å². The maximum absolute atomic E-state index is 14.4. The Bertz CT molecular complexity index is 1460. The molecule has 1 aromatic rings. The third-order valence-electron chi connectivity index (χ3n) is 10.8. The van der Waals surface area contributed by atoms with Gasteiger partial charge in [-0.1, -0.05) is 83.7 Å². The zero-order valence-corrected chi connectivity index (χ0v) is 30.8. The van der Waals surface area contributed by atoms with Gasteiger partial charge in [-0.25, -0.2) is 4.79 Å². The smallest absolute Gasteiger partial charge is 0.408 e. The molecule has 2 aliphatic carbocycles. The predicted octanol–water partition coefficient (Wildman–Crippen LogP) is 3.36. The molecule has 4 N–H and O–H groups in total. The number of alkyl carbamates (subject to hydrolysis) is 1. The molecule has 13 heteroatoms. The van der Waals surface area contributed by atoms with Gasteiger partial charge in [0.15, 0.2) is 5.78 Å². The van der Waals surface area contributed by atoms with Crippen LogP contribution in [0, 0.1) is 23.2 Å². The molecule has 2 saturated carbocycles. The van der Waals surface area contributed by atoms with Crippen molar-refractivity contribution in [2.45, 2.75) is 123 Å². The van der Waals surface area contributed by atoms with Gasteiger partial charge in [-0.2, -0.15) is 0 Å². The highest BCUT2D eigenvalue weighted by Gasteiger charge is 2.59. The molecule has 3 aliphatic rings. The van der Waals surface area contributed by atoms with Crippen LogP contribution in [0.4, 0.5) is 4.79 Å². The van der Waals surface area contributed by atoms with Crippen LogP contribution in [0.25, 0.3) is 0 Å². The fraction of sp³-hybridized carbons (Fsp3) is 0.658. The summed E-state index contributed by atoms with van der Waals surface area (Å²) in [6.07, 6.45) is 4.74. The second-order valence-corrected chi connectivity index (χ2v) is 15.2. The minimum atomic E-state index is -1.17. The standard InChI is InChI=1S/C38H55N5O8/c1-7-14-28(32(46)35(48)39-20-29(45)41-30(23(4)44)25-15-10-8-11-16-25)40-34(47)31-27-19-26(27)21-43(31)36(49)33(38(6)17-12-9-13-18-38)42-37(50)51-24(5)22(2)3/h8,10-11,15-16,22,24,26-28,30-31,33H,7,9,12-14,17-21H2,1-6H3,(H,39,48)(H,40,47)(H,41,45)(H,42,50). The average molecular weight is 710 g/mol. The van der Waals surface area contributed by atoms with E-state index < -0.39 is 65.7 Å². The number of carbonyl (C=O) groups is 7. The minimum absolute atomic E-state index is 0.0876. The largest absolute Gasteiger partial charge is 0.446 e. The van der Waals surface area contributed by atoms with Crippen molar-refractivity contribution in [3.8, 4) is 0 Å². The zero-order valence-electron chi connectivity index (χ0n) is 30.8. The van der Waals surface area contributed by atoms with Crippen molar-refractivity contribution in [2.24, 2.45) is 23.2 Å². The molecule has 7 atom stereocenters. The minimum Gasteiger partial charge on any atom is -0.446 e. The molecular formula is C38H55N5O8. The van der Waals surface area contributed by atoms with E-state index in [-0.39, 0.29) is 42.0 Å². The Hall–Kier alpha value is -4.29. The number of ketones is 2. The summed E-state index contributed by atoms with van der Waals surface area (Å²) in [5, 5.41) is 10.5. The van der Waals surface area contributed by atoms with Crippen LogP contribution in [0.1, 0.15) is 105 Å². The third-order valence-corrected chi connectivity index (χ3v) is 10.8. The van der Waals surface area contributed by atoms with Gasteiger partial charge in [0.2, 0.25) is 23.5 Å². The normalized spacial score (nSPS) is 22.7. The molecule has 4 rings (SSSR count). The number of hydrogen-bond acceptors (Lipinski definition) is 8. The fourth-order valence-corrected chi connectivity index (χ4v) is 7.33. The Balaban J connectivity index is 1.42. The molecule has 0 radical (unpaired) electrons. The number of ether oxygens (including phenoxy) is 1. The fourth-order valence-electron chi connectivity index (χ4n) is 7.33. The summed E-state index contributed by atoms with van der Waals surface area (Å²) in [6.45, 7) is 10.7. The molecule has 7 unspecified atom stereocenters. The lowest BCUT2D eigenvalue weighted by Crippen LogP contribution is -2.61. The van der Waals surface area contributed by atoms with Gasteiger partial charge in [-0.3, -0.25) is 28.8 Å². The number of rotatable bonds is 16. The molecule has 13 nitrogen and oxygen atoms in total. The van der Waals surface area contributed by atoms with E-state index in [2.05, 4.69) is 21.3 Å². The third kappa shape index (κ3) is 9.94. The molecule has 0 spiro atoms. The number of carbonyl (C=O) groups excluding carboxylic acids is 7. The van der Waals surface area contributed by atoms with Gasteiger partial charge in [-0.05, 0) is 68.3 Å². The Morgan fingerprint density at radius 1 is 0.941 bits per heavy atom. The predicted molar refractivity (Wildman–Crippen MR) is 189 cm³/mol. The molecule has 1 aliphatic heterocycles. The molecule has 3 fully saturated rings. The van der Waals surface area contributed by atoms with Gasteiger partial charge in [0.1, 0.15) is 24.2 Å². The number of amides is 5. The van der Waals surface area contributed by atoms with Crippen LogP contribution < -0.4 is 21.3 Å². The highest BCUT2D eigenvalue weighted by Crippen LogP contribution is 2.50. The van der Waals surface area contributed by atoms with Gasteiger partial charge in [0.25, 0.3) is 5.91 Å². The molecule has 0 bridgehead atoms. The van der Waals surface area contributed by atoms with Gasteiger partial charge >= 0.3 is 6.09 Å². The quantitative estimate of drug-likeness (QED) is 0.189. The summed E-state index contributed by atoms with van der Waals surface area (Å²) in [4.78, 5) is 94.0. The number of likely N-dealkylation sites (tertiary alicyclic amines) is 1. The molecule has 51 heavy (non-hydrogen) atoms. The van der Waals surface area contributed by atoms with E-state index in [4.69, 9.17) is 4.74 Å². The summed E-state index contributed by atoms with van der Waals surface area (Å²) in [5.74, 6) is -3.65. The molecule has 0 aromatic heterocycles. The lowest BCUT2D eigenvalue weighted by molar-refractivity contribution is -0.145. The molecule has 1 heterocycles.